The summed E-state index contributed by atoms with van der Waals surface area (Å²) in [6, 6.07) is 8.92. The van der Waals surface area contributed by atoms with Crippen molar-refractivity contribution in [2.45, 2.75) is 44.7 Å². The van der Waals surface area contributed by atoms with Crippen LogP contribution in [0.1, 0.15) is 37.7 Å². The van der Waals surface area contributed by atoms with E-state index in [1.165, 1.54) is 24.9 Å². The Labute approximate surface area is 145 Å². The minimum Gasteiger partial charge on any atom is -0.378 e. The minimum atomic E-state index is 0.0409. The van der Waals surface area contributed by atoms with E-state index in [4.69, 9.17) is 4.74 Å². The van der Waals surface area contributed by atoms with Gasteiger partial charge in [-0.1, -0.05) is 31.4 Å². The van der Waals surface area contributed by atoms with E-state index in [0.29, 0.717) is 12.6 Å². The predicted molar refractivity (Wildman–Crippen MR) is 96.3 cm³/mol. The molecule has 1 saturated carbocycles. The molecule has 132 valence electrons. The first kappa shape index (κ1) is 17.1. The van der Waals surface area contributed by atoms with Gasteiger partial charge in [-0.25, -0.2) is 4.79 Å². The number of hydrogen-bond donors (Lipinski definition) is 1. The zero-order valence-electron chi connectivity index (χ0n) is 14.7. The zero-order valence-corrected chi connectivity index (χ0v) is 14.7. The second kappa shape index (κ2) is 8.38. The molecule has 1 aromatic rings. The van der Waals surface area contributed by atoms with Crippen molar-refractivity contribution in [2.24, 2.45) is 0 Å². The van der Waals surface area contributed by atoms with Crippen molar-refractivity contribution < 1.29 is 9.53 Å². The molecule has 5 heteroatoms. The molecule has 3 rings (SSSR count). The number of carbonyl (C=O) groups excluding carboxylic acids is 1. The monoisotopic (exact) mass is 331 g/mol. The summed E-state index contributed by atoms with van der Waals surface area (Å²) in [6.45, 7) is 4.07. The fourth-order valence-corrected chi connectivity index (χ4v) is 3.58. The molecule has 1 N–H and O–H groups in total. The molecule has 0 aromatic heterocycles. The van der Waals surface area contributed by atoms with Gasteiger partial charge in [0.1, 0.15) is 0 Å². The van der Waals surface area contributed by atoms with Crippen molar-refractivity contribution in [3.8, 4) is 0 Å². The van der Waals surface area contributed by atoms with Crippen LogP contribution >= 0.6 is 0 Å². The second-order valence-corrected chi connectivity index (χ2v) is 6.83. The maximum absolute atomic E-state index is 12.3. The Morgan fingerprint density at radius 2 is 1.83 bits per heavy atom. The van der Waals surface area contributed by atoms with Gasteiger partial charge >= 0.3 is 6.03 Å². The molecule has 0 unspecified atom stereocenters. The van der Waals surface area contributed by atoms with Gasteiger partial charge in [0.05, 0.1) is 13.2 Å². The van der Waals surface area contributed by atoms with Crippen molar-refractivity contribution in [1.29, 1.82) is 0 Å². The van der Waals surface area contributed by atoms with Gasteiger partial charge in [-0.3, -0.25) is 0 Å². The molecule has 0 spiro atoms. The highest BCUT2D eigenvalue weighted by atomic mass is 16.5. The number of morpholine rings is 1. The molecular weight excluding hydrogens is 302 g/mol. The Morgan fingerprint density at radius 3 is 2.50 bits per heavy atom. The van der Waals surface area contributed by atoms with Crippen LogP contribution in [-0.4, -0.2) is 50.3 Å². The van der Waals surface area contributed by atoms with Crippen LogP contribution in [0.2, 0.25) is 0 Å². The molecule has 1 saturated heterocycles. The van der Waals surface area contributed by atoms with E-state index in [9.17, 15) is 4.79 Å². The van der Waals surface area contributed by atoms with Crippen LogP contribution in [0.5, 0.6) is 0 Å². The van der Waals surface area contributed by atoms with Gasteiger partial charge in [-0.05, 0) is 30.5 Å². The van der Waals surface area contributed by atoms with Gasteiger partial charge in [0.25, 0.3) is 0 Å². The third-order valence-corrected chi connectivity index (χ3v) is 5.20. The average Bonchev–Trinajstić information content (AvgIpc) is 2.67. The first-order valence-corrected chi connectivity index (χ1v) is 9.16. The SMILES string of the molecule is CN(C(=O)NCc1ccc(N2CCOCC2)cc1)C1CCCCC1. The van der Waals surface area contributed by atoms with E-state index in [0.717, 1.165) is 44.7 Å². The molecule has 0 atom stereocenters. The van der Waals surface area contributed by atoms with E-state index < -0.39 is 0 Å². The Balaban J connectivity index is 1.47. The Bertz CT molecular complexity index is 520. The highest BCUT2D eigenvalue weighted by molar-refractivity contribution is 5.74. The average molecular weight is 331 g/mol. The normalized spacial score (nSPS) is 19.1. The quantitative estimate of drug-likeness (QED) is 0.922. The number of benzene rings is 1. The Morgan fingerprint density at radius 1 is 1.17 bits per heavy atom. The van der Waals surface area contributed by atoms with Crippen molar-refractivity contribution in [2.75, 3.05) is 38.3 Å². The summed E-state index contributed by atoms with van der Waals surface area (Å²) in [5.41, 5.74) is 2.37. The number of carbonyl (C=O) groups is 1. The number of urea groups is 1. The highest BCUT2D eigenvalue weighted by Gasteiger charge is 2.21. The maximum Gasteiger partial charge on any atom is 0.317 e. The minimum absolute atomic E-state index is 0.0409. The molecule has 1 heterocycles. The van der Waals surface area contributed by atoms with Crippen molar-refractivity contribution in [3.63, 3.8) is 0 Å². The number of hydrogen-bond acceptors (Lipinski definition) is 3. The van der Waals surface area contributed by atoms with Gasteiger partial charge in [-0.15, -0.1) is 0 Å². The van der Waals surface area contributed by atoms with Gasteiger partial charge in [-0.2, -0.15) is 0 Å². The molecule has 0 bridgehead atoms. The predicted octanol–water partition coefficient (Wildman–Crippen LogP) is 3.00. The molecule has 1 aliphatic heterocycles. The third kappa shape index (κ3) is 4.41. The second-order valence-electron chi connectivity index (χ2n) is 6.83. The summed E-state index contributed by atoms with van der Waals surface area (Å²) in [5.74, 6) is 0. The molecule has 0 radical (unpaired) electrons. The largest absolute Gasteiger partial charge is 0.378 e. The van der Waals surface area contributed by atoms with Gasteiger partial charge in [0.2, 0.25) is 0 Å². The molecule has 2 aliphatic rings. The molecule has 24 heavy (non-hydrogen) atoms. The summed E-state index contributed by atoms with van der Waals surface area (Å²) >= 11 is 0. The van der Waals surface area contributed by atoms with E-state index in [1.807, 2.05) is 11.9 Å². The van der Waals surface area contributed by atoms with Crippen molar-refractivity contribution >= 4 is 11.7 Å². The number of amides is 2. The molecule has 2 amide bonds. The van der Waals surface area contributed by atoms with E-state index in [1.54, 1.807) is 0 Å². The molecule has 1 aliphatic carbocycles. The first-order chi connectivity index (χ1) is 11.7. The maximum atomic E-state index is 12.3. The summed E-state index contributed by atoms with van der Waals surface area (Å²) in [7, 11) is 1.92. The van der Waals surface area contributed by atoms with Crippen LogP contribution in [0.25, 0.3) is 0 Å². The van der Waals surface area contributed by atoms with Crippen molar-refractivity contribution in [3.05, 3.63) is 29.8 Å². The fourth-order valence-electron chi connectivity index (χ4n) is 3.58. The molecular formula is C19H29N3O2. The van der Waals surface area contributed by atoms with Gasteiger partial charge in [0.15, 0.2) is 0 Å². The fraction of sp³-hybridized carbons (Fsp3) is 0.632. The van der Waals surface area contributed by atoms with Gasteiger partial charge in [0, 0.05) is 38.4 Å². The number of ether oxygens (including phenoxy) is 1. The smallest absolute Gasteiger partial charge is 0.317 e. The molecule has 5 nitrogen and oxygen atoms in total. The van der Waals surface area contributed by atoms with E-state index in [-0.39, 0.29) is 6.03 Å². The van der Waals surface area contributed by atoms with E-state index in [2.05, 4.69) is 34.5 Å². The highest BCUT2D eigenvalue weighted by Crippen LogP contribution is 2.21. The summed E-state index contributed by atoms with van der Waals surface area (Å²) in [5, 5.41) is 3.05. The first-order valence-electron chi connectivity index (χ1n) is 9.16. The standard InChI is InChI=1S/C19H29N3O2/c1-21(17-5-3-2-4-6-17)19(23)20-15-16-7-9-18(10-8-16)22-11-13-24-14-12-22/h7-10,17H,2-6,11-15H2,1H3,(H,20,23). The summed E-state index contributed by atoms with van der Waals surface area (Å²) < 4.78 is 5.39. The lowest BCUT2D eigenvalue weighted by Crippen LogP contribution is -2.44. The van der Waals surface area contributed by atoms with Crippen LogP contribution in [0, 0.1) is 0 Å². The molecule has 1 aromatic carbocycles. The molecule has 2 fully saturated rings. The lowest BCUT2D eigenvalue weighted by molar-refractivity contribution is 0.122. The number of rotatable bonds is 4. The number of nitrogens with one attached hydrogen (secondary N) is 1. The Hall–Kier alpha value is -1.75. The van der Waals surface area contributed by atoms with Crippen LogP contribution in [0.4, 0.5) is 10.5 Å². The van der Waals surface area contributed by atoms with E-state index >= 15 is 0 Å². The van der Waals surface area contributed by atoms with Gasteiger partial charge < -0.3 is 19.9 Å². The third-order valence-electron chi connectivity index (χ3n) is 5.20. The summed E-state index contributed by atoms with van der Waals surface area (Å²) in [6.07, 6.45) is 6.06. The summed E-state index contributed by atoms with van der Waals surface area (Å²) in [4.78, 5) is 16.5. The van der Waals surface area contributed by atoms with Crippen LogP contribution < -0.4 is 10.2 Å². The lowest BCUT2D eigenvalue weighted by atomic mass is 9.95. The topological polar surface area (TPSA) is 44.8 Å². The number of nitrogens with zero attached hydrogens (tertiary/aromatic N) is 2. The number of anilines is 1. The van der Waals surface area contributed by atoms with Crippen LogP contribution in [0.15, 0.2) is 24.3 Å². The van der Waals surface area contributed by atoms with Crippen LogP contribution in [0.3, 0.4) is 0 Å². The lowest BCUT2D eigenvalue weighted by Gasteiger charge is -2.31. The Kier molecular flexibility index (Phi) is 5.96. The van der Waals surface area contributed by atoms with Crippen molar-refractivity contribution in [1.82, 2.24) is 10.2 Å². The van der Waals surface area contributed by atoms with Crippen LogP contribution in [-0.2, 0) is 11.3 Å². The zero-order chi connectivity index (χ0) is 16.8.